The van der Waals surface area contributed by atoms with Crippen LogP contribution in [0.4, 0.5) is 0 Å². The monoisotopic (exact) mass is 866 g/mol. The minimum Gasteiger partial charge on any atom is -0.462 e. The third kappa shape index (κ3) is 32.8. The van der Waals surface area contributed by atoms with E-state index in [1.165, 1.54) is 27.7 Å². The quantitative estimate of drug-likeness (QED) is 0.0969. The topological polar surface area (TPSA) is 195 Å². The Labute approximate surface area is 329 Å². The Bertz CT molecular complexity index is 610. The van der Waals surface area contributed by atoms with Gasteiger partial charge in [0.05, 0.1) is 63.3 Å². The van der Waals surface area contributed by atoms with Gasteiger partial charge in [0.25, 0.3) is 0 Å². The van der Waals surface area contributed by atoms with Crippen LogP contribution in [0, 0.1) is 0 Å². The van der Waals surface area contributed by atoms with Crippen molar-refractivity contribution in [3.8, 4) is 0 Å². The van der Waals surface area contributed by atoms with E-state index in [1.54, 1.807) is 0 Å². The van der Waals surface area contributed by atoms with Crippen LogP contribution in [0.5, 0.6) is 0 Å². The second-order valence-corrected chi connectivity index (χ2v) is 8.34. The van der Waals surface area contributed by atoms with Crippen LogP contribution >= 0.6 is 0 Å². The Morgan fingerprint density at radius 1 is 0.487 bits per heavy atom. The van der Waals surface area contributed by atoms with Crippen LogP contribution in [0.15, 0.2) is 0 Å². The molecule has 0 amide bonds. The summed E-state index contributed by atoms with van der Waals surface area (Å²) in [5.74, 6) is -3.00. The van der Waals surface area contributed by atoms with E-state index in [0.29, 0.717) is 0 Å². The van der Waals surface area contributed by atoms with Gasteiger partial charge in [0, 0.05) is 131 Å². The molecular weight excluding hydrogens is 828 g/mol. The SMILES string of the molecule is CC(O)CC(=O)OCC(COCC(COC(=O)CC(C)O)OC(=O)CC(C)O)OC(=O)CC(C)O.[Y].[Y].[Y].[Y]. The van der Waals surface area contributed by atoms with E-state index >= 15 is 0 Å². The molecule has 0 spiro atoms. The number of rotatable bonds is 18. The number of aliphatic hydroxyl groups excluding tert-OH is 4. The summed E-state index contributed by atoms with van der Waals surface area (Å²) >= 11 is 0. The molecule has 0 aliphatic carbocycles. The van der Waals surface area contributed by atoms with E-state index < -0.39 is 73.7 Å². The van der Waals surface area contributed by atoms with Gasteiger partial charge in [0.2, 0.25) is 0 Å². The first-order valence-corrected chi connectivity index (χ1v) is 11.3. The van der Waals surface area contributed by atoms with Crippen molar-refractivity contribution < 1.29 is 194 Å². The zero-order chi connectivity index (χ0) is 27.0. The number of hydrogen-bond acceptors (Lipinski definition) is 13. The van der Waals surface area contributed by atoms with Gasteiger partial charge in [0.1, 0.15) is 13.2 Å². The summed E-state index contributed by atoms with van der Waals surface area (Å²) in [5, 5.41) is 37.2. The van der Waals surface area contributed by atoms with Crippen molar-refractivity contribution in [2.24, 2.45) is 0 Å². The standard InChI is InChI=1S/C22H38O13.4Y/c1-13(23)5-19(27)32-11-17(34-21(29)7-15(3)25)9-31-10-18(35-22(30)8-16(4)26)12-33-20(28)6-14(2)24;;;;/h13-18,23-26H,5-12H2,1-4H3;;;;. The van der Waals surface area contributed by atoms with Crippen LogP contribution in [-0.2, 0) is 174 Å². The van der Waals surface area contributed by atoms with Crippen molar-refractivity contribution in [2.75, 3.05) is 26.4 Å². The maximum absolute atomic E-state index is 11.9. The molecule has 0 aliphatic rings. The normalized spacial score (nSPS) is 14.6. The van der Waals surface area contributed by atoms with Crippen LogP contribution in [0.1, 0.15) is 53.4 Å². The molecule has 4 N–H and O–H groups in total. The fourth-order valence-electron chi connectivity index (χ4n) is 2.49. The molecule has 0 aromatic rings. The first-order valence-electron chi connectivity index (χ1n) is 11.3. The fourth-order valence-corrected chi connectivity index (χ4v) is 2.49. The fraction of sp³-hybridized carbons (Fsp3) is 0.818. The zero-order valence-corrected chi connectivity index (χ0v) is 34.2. The van der Waals surface area contributed by atoms with E-state index in [0.717, 1.165) is 0 Å². The molecule has 6 atom stereocenters. The second-order valence-electron chi connectivity index (χ2n) is 8.34. The van der Waals surface area contributed by atoms with Crippen molar-refractivity contribution in [1.82, 2.24) is 0 Å². The minimum absolute atomic E-state index is 0. The number of carbonyl (C=O) groups excluding carboxylic acids is 4. The Morgan fingerprint density at radius 2 is 0.744 bits per heavy atom. The summed E-state index contributed by atoms with van der Waals surface area (Å²) in [6, 6.07) is 0. The van der Waals surface area contributed by atoms with Gasteiger partial charge in [-0.15, -0.1) is 0 Å². The predicted molar refractivity (Wildman–Crippen MR) is 118 cm³/mol. The molecule has 0 saturated carbocycles. The molecule has 0 aromatic heterocycles. The summed E-state index contributed by atoms with van der Waals surface area (Å²) in [4.78, 5) is 47.2. The minimum atomic E-state index is -1.08. The van der Waals surface area contributed by atoms with Crippen molar-refractivity contribution in [3.05, 3.63) is 0 Å². The van der Waals surface area contributed by atoms with E-state index in [4.69, 9.17) is 23.7 Å². The number of hydrogen-bond donors (Lipinski definition) is 4. The van der Waals surface area contributed by atoms with Crippen LogP contribution in [0.3, 0.4) is 0 Å². The van der Waals surface area contributed by atoms with Crippen molar-refractivity contribution in [2.45, 2.75) is 90.0 Å². The van der Waals surface area contributed by atoms with Crippen LogP contribution in [-0.4, -0.2) is 107 Å². The molecule has 0 aliphatic heterocycles. The molecule has 39 heavy (non-hydrogen) atoms. The average Bonchev–Trinajstić information content (AvgIpc) is 2.67. The molecule has 0 fully saturated rings. The van der Waals surface area contributed by atoms with Crippen molar-refractivity contribution in [3.63, 3.8) is 0 Å². The molecule has 216 valence electrons. The van der Waals surface area contributed by atoms with Crippen molar-refractivity contribution >= 4 is 23.9 Å². The maximum atomic E-state index is 11.9. The van der Waals surface area contributed by atoms with Crippen LogP contribution in [0.2, 0.25) is 0 Å². The van der Waals surface area contributed by atoms with Gasteiger partial charge in [-0.2, -0.15) is 0 Å². The molecule has 0 bridgehead atoms. The van der Waals surface area contributed by atoms with Gasteiger partial charge in [0.15, 0.2) is 12.2 Å². The Morgan fingerprint density at radius 3 is 1.00 bits per heavy atom. The summed E-state index contributed by atoms with van der Waals surface area (Å²) in [6.45, 7) is 4.18. The van der Waals surface area contributed by atoms with Crippen LogP contribution < -0.4 is 0 Å². The van der Waals surface area contributed by atoms with Crippen LogP contribution in [0.25, 0.3) is 0 Å². The molecule has 0 aromatic carbocycles. The van der Waals surface area contributed by atoms with Gasteiger partial charge < -0.3 is 44.1 Å². The molecule has 6 unspecified atom stereocenters. The second kappa shape index (κ2) is 30.1. The first kappa shape index (κ1) is 50.7. The van der Waals surface area contributed by atoms with E-state index in [2.05, 4.69) is 0 Å². The van der Waals surface area contributed by atoms with E-state index in [-0.39, 0.29) is 170 Å². The Kier molecular flexibility index (Phi) is 39.2. The molecule has 0 heterocycles. The largest absolute Gasteiger partial charge is 0.462 e. The Balaban J connectivity index is -0.000000963. The number of esters is 4. The zero-order valence-electron chi connectivity index (χ0n) is 22.9. The predicted octanol–water partition coefficient (Wildman–Crippen LogP) is -1.01. The molecule has 17 heteroatoms. The first-order chi connectivity index (χ1) is 16.3. The van der Waals surface area contributed by atoms with Crippen molar-refractivity contribution in [1.29, 1.82) is 0 Å². The number of carbonyl (C=O) groups is 4. The molecule has 4 radical (unpaired) electrons. The number of ether oxygens (including phenoxy) is 5. The summed E-state index contributed by atoms with van der Waals surface area (Å²) in [7, 11) is 0. The summed E-state index contributed by atoms with van der Waals surface area (Å²) in [6.07, 6.45) is -7.09. The summed E-state index contributed by atoms with van der Waals surface area (Å²) < 4.78 is 25.7. The van der Waals surface area contributed by atoms with Gasteiger partial charge in [-0.05, 0) is 27.7 Å². The summed E-state index contributed by atoms with van der Waals surface area (Å²) in [5.41, 5.74) is 0. The van der Waals surface area contributed by atoms with E-state index in [9.17, 15) is 39.6 Å². The van der Waals surface area contributed by atoms with Gasteiger partial charge >= 0.3 is 23.9 Å². The smallest absolute Gasteiger partial charge is 0.308 e. The Hall–Kier alpha value is 2.10. The molecule has 0 rings (SSSR count). The maximum Gasteiger partial charge on any atom is 0.308 e. The molecule has 13 nitrogen and oxygen atoms in total. The average molecular weight is 866 g/mol. The molecular formula is C22H38O13Y4. The third-order valence-corrected chi connectivity index (χ3v) is 3.91. The van der Waals surface area contributed by atoms with Gasteiger partial charge in [-0.3, -0.25) is 19.2 Å². The van der Waals surface area contributed by atoms with E-state index in [1.807, 2.05) is 0 Å². The molecule has 0 saturated heterocycles. The van der Waals surface area contributed by atoms with Gasteiger partial charge in [-0.1, -0.05) is 0 Å². The third-order valence-electron chi connectivity index (χ3n) is 3.91. The number of aliphatic hydroxyl groups is 4. The van der Waals surface area contributed by atoms with Gasteiger partial charge in [-0.25, -0.2) is 0 Å².